The predicted octanol–water partition coefficient (Wildman–Crippen LogP) is 4.02. The molecule has 2 heteroatoms. The number of benzene rings is 2. The number of carbonyl (C=O) groups is 1. The average Bonchev–Trinajstić information content (AvgIpc) is 2.91. The van der Waals surface area contributed by atoms with Crippen molar-refractivity contribution in [2.24, 2.45) is 0 Å². The molecule has 3 rings (SSSR count). The molecule has 0 aliphatic carbocycles. The molecular formula is C19H19NO. The maximum atomic E-state index is 12.3. The van der Waals surface area contributed by atoms with Crippen LogP contribution >= 0.6 is 0 Å². The minimum Gasteiger partial charge on any atom is -0.340 e. The topological polar surface area (TPSA) is 22.0 Å². The fourth-order valence-corrected chi connectivity index (χ4v) is 2.83. The Bertz CT molecular complexity index is 756. The van der Waals surface area contributed by atoms with Crippen molar-refractivity contribution in [3.63, 3.8) is 0 Å². The Hall–Kier alpha value is -2.35. The molecule has 0 N–H and O–H groups in total. The Morgan fingerprint density at radius 1 is 1.00 bits per heavy atom. The van der Waals surface area contributed by atoms with Gasteiger partial charge in [-0.05, 0) is 29.0 Å². The Labute approximate surface area is 125 Å². The van der Waals surface area contributed by atoms with Crippen LogP contribution < -0.4 is 0 Å². The SMILES string of the molecule is CCc1cccc2ccn(CC(=O)Cc3ccccc3)c12. The van der Waals surface area contributed by atoms with Gasteiger partial charge in [0.2, 0.25) is 0 Å². The van der Waals surface area contributed by atoms with Crippen molar-refractivity contribution in [1.29, 1.82) is 0 Å². The van der Waals surface area contributed by atoms with Gasteiger partial charge in [0.15, 0.2) is 5.78 Å². The Balaban J connectivity index is 1.83. The second-order valence-corrected chi connectivity index (χ2v) is 5.35. The van der Waals surface area contributed by atoms with Crippen molar-refractivity contribution in [2.45, 2.75) is 26.3 Å². The molecule has 0 saturated heterocycles. The number of Topliss-reactive ketones (excluding diaryl/α,β-unsaturated/α-hetero) is 1. The molecular weight excluding hydrogens is 258 g/mol. The summed E-state index contributed by atoms with van der Waals surface area (Å²) in [6.45, 7) is 2.59. The van der Waals surface area contributed by atoms with Crippen molar-refractivity contribution in [2.75, 3.05) is 0 Å². The van der Waals surface area contributed by atoms with Crippen LogP contribution in [-0.2, 0) is 24.2 Å². The fraction of sp³-hybridized carbons (Fsp3) is 0.211. The summed E-state index contributed by atoms with van der Waals surface area (Å²) in [6.07, 6.45) is 3.50. The van der Waals surface area contributed by atoms with E-state index in [0.717, 1.165) is 12.0 Å². The number of nitrogens with zero attached hydrogens (tertiary/aromatic N) is 1. The standard InChI is InChI=1S/C19H19NO/c1-2-16-9-6-10-17-11-12-20(19(16)17)14-18(21)13-15-7-4-3-5-8-15/h3-12H,2,13-14H2,1H3. The molecule has 0 atom stereocenters. The smallest absolute Gasteiger partial charge is 0.156 e. The summed E-state index contributed by atoms with van der Waals surface area (Å²) in [5, 5.41) is 1.21. The van der Waals surface area contributed by atoms with E-state index in [2.05, 4.69) is 35.8 Å². The van der Waals surface area contributed by atoms with Crippen molar-refractivity contribution >= 4 is 16.7 Å². The average molecular weight is 277 g/mol. The molecule has 0 unspecified atom stereocenters. The number of carbonyl (C=O) groups excluding carboxylic acids is 1. The third-order valence-corrected chi connectivity index (χ3v) is 3.84. The maximum Gasteiger partial charge on any atom is 0.156 e. The van der Waals surface area contributed by atoms with Gasteiger partial charge in [0, 0.05) is 12.6 Å². The number of para-hydroxylation sites is 1. The van der Waals surface area contributed by atoms with Gasteiger partial charge in [-0.15, -0.1) is 0 Å². The highest BCUT2D eigenvalue weighted by Gasteiger charge is 2.09. The molecule has 0 aliphatic heterocycles. The summed E-state index contributed by atoms with van der Waals surface area (Å²) < 4.78 is 2.08. The molecule has 2 aromatic carbocycles. The van der Waals surface area contributed by atoms with Crippen LogP contribution in [-0.4, -0.2) is 10.4 Å². The monoisotopic (exact) mass is 277 g/mol. The van der Waals surface area contributed by atoms with Gasteiger partial charge in [0.1, 0.15) is 0 Å². The van der Waals surface area contributed by atoms with Gasteiger partial charge in [-0.1, -0.05) is 55.5 Å². The van der Waals surface area contributed by atoms with Crippen LogP contribution in [0.5, 0.6) is 0 Å². The highest BCUT2D eigenvalue weighted by Crippen LogP contribution is 2.21. The van der Waals surface area contributed by atoms with E-state index in [1.165, 1.54) is 16.5 Å². The maximum absolute atomic E-state index is 12.3. The molecule has 0 bridgehead atoms. The quantitative estimate of drug-likeness (QED) is 0.690. The van der Waals surface area contributed by atoms with E-state index in [-0.39, 0.29) is 5.78 Å². The van der Waals surface area contributed by atoms with E-state index >= 15 is 0 Å². The van der Waals surface area contributed by atoms with Crippen molar-refractivity contribution < 1.29 is 4.79 Å². The van der Waals surface area contributed by atoms with Crippen LogP contribution in [0.2, 0.25) is 0 Å². The summed E-state index contributed by atoms with van der Waals surface area (Å²) in [6, 6.07) is 18.3. The summed E-state index contributed by atoms with van der Waals surface area (Å²) in [5.74, 6) is 0.240. The van der Waals surface area contributed by atoms with Crippen molar-refractivity contribution in [3.05, 3.63) is 71.9 Å². The van der Waals surface area contributed by atoms with Gasteiger partial charge >= 0.3 is 0 Å². The number of ketones is 1. The molecule has 1 heterocycles. The normalized spacial score (nSPS) is 10.9. The number of rotatable bonds is 5. The molecule has 21 heavy (non-hydrogen) atoms. The lowest BCUT2D eigenvalue weighted by molar-refractivity contribution is -0.118. The van der Waals surface area contributed by atoms with Crippen LogP contribution in [0.4, 0.5) is 0 Å². The van der Waals surface area contributed by atoms with Crippen LogP contribution in [0.25, 0.3) is 10.9 Å². The van der Waals surface area contributed by atoms with Gasteiger partial charge in [-0.2, -0.15) is 0 Å². The first kappa shape index (κ1) is 13.6. The molecule has 0 fully saturated rings. The van der Waals surface area contributed by atoms with E-state index in [0.29, 0.717) is 13.0 Å². The zero-order chi connectivity index (χ0) is 14.7. The van der Waals surface area contributed by atoms with Crippen LogP contribution in [0.1, 0.15) is 18.1 Å². The first-order chi connectivity index (χ1) is 10.3. The Morgan fingerprint density at radius 2 is 1.81 bits per heavy atom. The molecule has 1 aromatic heterocycles. The van der Waals surface area contributed by atoms with Gasteiger partial charge in [-0.3, -0.25) is 4.79 Å². The van der Waals surface area contributed by atoms with Gasteiger partial charge in [-0.25, -0.2) is 0 Å². The highest BCUT2D eigenvalue weighted by atomic mass is 16.1. The number of aromatic nitrogens is 1. The molecule has 0 saturated carbocycles. The van der Waals surface area contributed by atoms with Gasteiger partial charge in [0.25, 0.3) is 0 Å². The fourth-order valence-electron chi connectivity index (χ4n) is 2.83. The van der Waals surface area contributed by atoms with Crippen LogP contribution in [0.3, 0.4) is 0 Å². The zero-order valence-corrected chi connectivity index (χ0v) is 12.3. The molecule has 0 spiro atoms. The lowest BCUT2D eigenvalue weighted by Crippen LogP contribution is -2.12. The summed E-state index contributed by atoms with van der Waals surface area (Å²) >= 11 is 0. The van der Waals surface area contributed by atoms with Gasteiger partial charge < -0.3 is 4.57 Å². The van der Waals surface area contributed by atoms with Crippen LogP contribution in [0.15, 0.2) is 60.8 Å². The third kappa shape index (κ3) is 2.89. The first-order valence-electron chi connectivity index (χ1n) is 7.40. The predicted molar refractivity (Wildman–Crippen MR) is 86.5 cm³/mol. The van der Waals surface area contributed by atoms with Crippen molar-refractivity contribution in [1.82, 2.24) is 4.57 Å². The Morgan fingerprint density at radius 3 is 2.57 bits per heavy atom. The van der Waals surface area contributed by atoms with E-state index in [4.69, 9.17) is 0 Å². The molecule has 3 aromatic rings. The summed E-state index contributed by atoms with van der Waals surface area (Å²) in [5.41, 5.74) is 3.57. The second-order valence-electron chi connectivity index (χ2n) is 5.35. The number of fused-ring (bicyclic) bond motifs is 1. The molecule has 0 amide bonds. The lowest BCUT2D eigenvalue weighted by Gasteiger charge is -2.08. The molecule has 0 aliphatic rings. The summed E-state index contributed by atoms with van der Waals surface area (Å²) in [4.78, 5) is 12.3. The Kier molecular flexibility index (Phi) is 3.87. The van der Waals surface area contributed by atoms with E-state index in [1.807, 2.05) is 36.5 Å². The third-order valence-electron chi connectivity index (χ3n) is 3.84. The second kappa shape index (κ2) is 5.96. The summed E-state index contributed by atoms with van der Waals surface area (Å²) in [7, 11) is 0. The number of hydrogen-bond donors (Lipinski definition) is 0. The van der Waals surface area contributed by atoms with E-state index < -0.39 is 0 Å². The zero-order valence-electron chi connectivity index (χ0n) is 12.3. The van der Waals surface area contributed by atoms with E-state index in [9.17, 15) is 4.79 Å². The number of hydrogen-bond acceptors (Lipinski definition) is 1. The minimum atomic E-state index is 0.240. The largest absolute Gasteiger partial charge is 0.340 e. The molecule has 2 nitrogen and oxygen atoms in total. The van der Waals surface area contributed by atoms with Gasteiger partial charge in [0.05, 0.1) is 12.1 Å². The molecule has 106 valence electrons. The van der Waals surface area contributed by atoms with E-state index in [1.54, 1.807) is 0 Å². The van der Waals surface area contributed by atoms with Crippen molar-refractivity contribution in [3.8, 4) is 0 Å². The number of aryl methyl sites for hydroxylation is 1. The molecule has 0 radical (unpaired) electrons. The lowest BCUT2D eigenvalue weighted by atomic mass is 10.1. The highest BCUT2D eigenvalue weighted by molar-refractivity contribution is 5.87. The van der Waals surface area contributed by atoms with Crippen LogP contribution in [0, 0.1) is 0 Å². The minimum absolute atomic E-state index is 0.240. The first-order valence-corrected chi connectivity index (χ1v) is 7.40.